The quantitative estimate of drug-likeness (QED) is 0.522. The van der Waals surface area contributed by atoms with Gasteiger partial charge in [0.2, 0.25) is 5.91 Å². The molecule has 0 fully saturated rings. The maximum Gasteiger partial charge on any atom is 0.225 e. The molecule has 0 bridgehead atoms. The summed E-state index contributed by atoms with van der Waals surface area (Å²) in [5.41, 5.74) is 1.31. The molecular formula is C20H37N3O+2. The number of nitrogens with one attached hydrogen (secondary N) is 2. The van der Waals surface area contributed by atoms with E-state index in [9.17, 15) is 4.79 Å². The fraction of sp³-hybridized carbons (Fsp3) is 0.650. The highest BCUT2D eigenvalue weighted by atomic mass is 16.1. The van der Waals surface area contributed by atoms with Crippen LogP contribution in [0, 0.1) is 0 Å². The average molecular weight is 336 g/mol. The Morgan fingerprint density at radius 3 is 2.46 bits per heavy atom. The number of rotatable bonds is 12. The van der Waals surface area contributed by atoms with Crippen molar-refractivity contribution in [1.82, 2.24) is 5.32 Å². The zero-order chi connectivity index (χ0) is 17.8. The SMILES string of the molecule is CC[NH+](CC)CCC[C@@H](C)NC(=O)CC[NH2+][C@H](C)c1ccccc1. The molecule has 0 radical (unpaired) electrons. The van der Waals surface area contributed by atoms with E-state index in [1.807, 2.05) is 6.07 Å². The Labute approximate surface area is 148 Å². The predicted octanol–water partition coefficient (Wildman–Crippen LogP) is 0.911. The minimum atomic E-state index is 0.175. The summed E-state index contributed by atoms with van der Waals surface area (Å²) in [6.07, 6.45) is 2.83. The fourth-order valence-corrected chi connectivity index (χ4v) is 3.04. The highest BCUT2D eigenvalue weighted by Crippen LogP contribution is 2.06. The summed E-state index contributed by atoms with van der Waals surface area (Å²) >= 11 is 0. The summed E-state index contributed by atoms with van der Waals surface area (Å²) < 4.78 is 0. The Kier molecular flexibility index (Phi) is 10.4. The molecule has 1 amide bonds. The summed E-state index contributed by atoms with van der Waals surface area (Å²) in [7, 11) is 0. The van der Waals surface area contributed by atoms with Crippen LogP contribution in [0.25, 0.3) is 0 Å². The summed E-state index contributed by atoms with van der Waals surface area (Å²) in [5.74, 6) is 0.175. The molecule has 0 saturated carbocycles. The van der Waals surface area contributed by atoms with Crippen LogP contribution >= 0.6 is 0 Å². The van der Waals surface area contributed by atoms with Crippen molar-refractivity contribution < 1.29 is 15.0 Å². The molecule has 0 aromatic heterocycles. The van der Waals surface area contributed by atoms with E-state index in [0.717, 1.165) is 13.0 Å². The van der Waals surface area contributed by atoms with E-state index < -0.39 is 0 Å². The van der Waals surface area contributed by atoms with Crippen LogP contribution in [0.4, 0.5) is 0 Å². The van der Waals surface area contributed by atoms with E-state index in [4.69, 9.17) is 0 Å². The van der Waals surface area contributed by atoms with E-state index in [1.165, 1.54) is 31.6 Å². The summed E-state index contributed by atoms with van der Waals surface area (Å²) in [4.78, 5) is 13.7. The van der Waals surface area contributed by atoms with Gasteiger partial charge in [-0.15, -0.1) is 0 Å². The third kappa shape index (κ3) is 8.46. The number of hydrogen-bond acceptors (Lipinski definition) is 1. The third-order valence-corrected chi connectivity index (χ3v) is 4.79. The molecule has 1 rings (SSSR count). The lowest BCUT2D eigenvalue weighted by molar-refractivity contribution is -0.896. The van der Waals surface area contributed by atoms with E-state index in [1.54, 1.807) is 4.90 Å². The van der Waals surface area contributed by atoms with Crippen LogP contribution in [-0.4, -0.2) is 38.1 Å². The summed E-state index contributed by atoms with van der Waals surface area (Å²) in [6, 6.07) is 11.1. The van der Waals surface area contributed by atoms with Crippen LogP contribution in [0.1, 0.15) is 58.6 Å². The number of quaternary nitrogens is 2. The van der Waals surface area contributed by atoms with E-state index in [2.05, 4.69) is 62.6 Å². The van der Waals surface area contributed by atoms with Crippen LogP contribution in [0.5, 0.6) is 0 Å². The highest BCUT2D eigenvalue weighted by Gasteiger charge is 2.12. The topological polar surface area (TPSA) is 50.1 Å². The van der Waals surface area contributed by atoms with Gasteiger partial charge in [-0.05, 0) is 40.5 Å². The molecule has 0 heterocycles. The van der Waals surface area contributed by atoms with Crippen LogP contribution in [0.15, 0.2) is 30.3 Å². The van der Waals surface area contributed by atoms with Crippen molar-refractivity contribution in [2.75, 3.05) is 26.2 Å². The first-order chi connectivity index (χ1) is 11.6. The van der Waals surface area contributed by atoms with Crippen molar-refractivity contribution in [3.05, 3.63) is 35.9 Å². The molecule has 136 valence electrons. The van der Waals surface area contributed by atoms with Crippen LogP contribution in [0.3, 0.4) is 0 Å². The lowest BCUT2D eigenvalue weighted by Crippen LogP contribution is -3.11. The zero-order valence-corrected chi connectivity index (χ0v) is 16.0. The molecule has 4 N–H and O–H groups in total. The second-order valence-electron chi connectivity index (χ2n) is 6.79. The van der Waals surface area contributed by atoms with Gasteiger partial charge in [-0.1, -0.05) is 30.3 Å². The molecule has 2 atom stereocenters. The molecule has 4 heteroatoms. The van der Waals surface area contributed by atoms with E-state index >= 15 is 0 Å². The third-order valence-electron chi connectivity index (χ3n) is 4.79. The molecule has 1 aromatic rings. The minimum absolute atomic E-state index is 0.175. The summed E-state index contributed by atoms with van der Waals surface area (Å²) in [5, 5.41) is 5.37. The normalized spacial score (nSPS) is 13.7. The predicted molar refractivity (Wildman–Crippen MR) is 100 cm³/mol. The van der Waals surface area contributed by atoms with Gasteiger partial charge in [0.1, 0.15) is 6.04 Å². The van der Waals surface area contributed by atoms with Crippen molar-refractivity contribution in [2.45, 2.75) is 59.0 Å². The van der Waals surface area contributed by atoms with Crippen molar-refractivity contribution in [2.24, 2.45) is 0 Å². The first kappa shape index (κ1) is 20.7. The first-order valence-electron chi connectivity index (χ1n) is 9.58. The van der Waals surface area contributed by atoms with Crippen molar-refractivity contribution in [3.63, 3.8) is 0 Å². The molecule has 0 aliphatic carbocycles. The van der Waals surface area contributed by atoms with E-state index in [-0.39, 0.29) is 11.9 Å². The van der Waals surface area contributed by atoms with Crippen LogP contribution < -0.4 is 15.5 Å². The Morgan fingerprint density at radius 1 is 1.17 bits per heavy atom. The lowest BCUT2D eigenvalue weighted by atomic mass is 10.1. The van der Waals surface area contributed by atoms with E-state index in [0.29, 0.717) is 12.5 Å². The van der Waals surface area contributed by atoms with Crippen molar-refractivity contribution in [1.29, 1.82) is 0 Å². The molecule has 0 spiro atoms. The Morgan fingerprint density at radius 2 is 1.83 bits per heavy atom. The van der Waals surface area contributed by atoms with Gasteiger partial charge in [0.15, 0.2) is 0 Å². The van der Waals surface area contributed by atoms with Gasteiger partial charge in [0, 0.05) is 11.6 Å². The number of amides is 1. The van der Waals surface area contributed by atoms with Gasteiger partial charge < -0.3 is 15.5 Å². The van der Waals surface area contributed by atoms with Gasteiger partial charge in [0.05, 0.1) is 32.6 Å². The van der Waals surface area contributed by atoms with Crippen molar-refractivity contribution in [3.8, 4) is 0 Å². The maximum absolute atomic E-state index is 12.0. The first-order valence-corrected chi connectivity index (χ1v) is 9.58. The lowest BCUT2D eigenvalue weighted by Gasteiger charge is -2.18. The van der Waals surface area contributed by atoms with Crippen LogP contribution in [-0.2, 0) is 4.79 Å². The second-order valence-corrected chi connectivity index (χ2v) is 6.79. The smallest absolute Gasteiger partial charge is 0.225 e. The maximum atomic E-state index is 12.0. The van der Waals surface area contributed by atoms with Gasteiger partial charge in [-0.3, -0.25) is 4.79 Å². The van der Waals surface area contributed by atoms with Gasteiger partial charge in [-0.2, -0.15) is 0 Å². The molecule has 24 heavy (non-hydrogen) atoms. The molecule has 0 saturated heterocycles. The van der Waals surface area contributed by atoms with Crippen LogP contribution in [0.2, 0.25) is 0 Å². The number of benzene rings is 1. The minimum Gasteiger partial charge on any atom is -0.353 e. The molecule has 0 unspecified atom stereocenters. The zero-order valence-electron chi connectivity index (χ0n) is 16.0. The molecule has 0 aliphatic rings. The van der Waals surface area contributed by atoms with Gasteiger partial charge in [0.25, 0.3) is 0 Å². The monoisotopic (exact) mass is 335 g/mol. The molecule has 1 aromatic carbocycles. The Balaban J connectivity index is 2.14. The number of hydrogen-bond donors (Lipinski definition) is 3. The fourth-order valence-electron chi connectivity index (χ4n) is 3.04. The Hall–Kier alpha value is -1.39. The molecule has 0 aliphatic heterocycles. The van der Waals surface area contributed by atoms with Crippen molar-refractivity contribution >= 4 is 5.91 Å². The van der Waals surface area contributed by atoms with Gasteiger partial charge in [-0.25, -0.2) is 0 Å². The second kappa shape index (κ2) is 12.0. The number of carbonyl (C=O) groups excluding carboxylic acids is 1. The summed E-state index contributed by atoms with van der Waals surface area (Å²) in [6.45, 7) is 13.2. The average Bonchev–Trinajstić information content (AvgIpc) is 2.59. The number of carbonyl (C=O) groups is 1. The molecular weight excluding hydrogens is 298 g/mol. The largest absolute Gasteiger partial charge is 0.353 e. The molecule has 4 nitrogen and oxygen atoms in total. The van der Waals surface area contributed by atoms with Gasteiger partial charge >= 0.3 is 0 Å². The standard InChI is InChI=1S/C20H35N3O/c1-5-23(6-2)16-10-11-17(3)22-20(24)14-15-21-18(4)19-12-8-7-9-13-19/h7-9,12-13,17-18,21H,5-6,10-11,14-16H2,1-4H3,(H,22,24)/p+2/t17-,18-/m1/s1. The Bertz CT molecular complexity index is 445. The number of nitrogens with two attached hydrogens (primary N) is 1. The highest BCUT2D eigenvalue weighted by molar-refractivity contribution is 5.76.